The second-order valence-corrected chi connectivity index (χ2v) is 9.20. The van der Waals surface area contributed by atoms with Crippen molar-refractivity contribution in [1.29, 1.82) is 0 Å². The number of para-hydroxylation sites is 1. The Kier molecular flexibility index (Phi) is 5.39. The number of imidazole rings is 1. The van der Waals surface area contributed by atoms with E-state index in [2.05, 4.69) is 4.98 Å². The van der Waals surface area contributed by atoms with Crippen LogP contribution in [0.3, 0.4) is 0 Å². The maximum atomic E-state index is 13.2. The molecule has 0 aliphatic carbocycles. The van der Waals surface area contributed by atoms with Gasteiger partial charge in [0.25, 0.3) is 5.91 Å². The first-order valence-electron chi connectivity index (χ1n) is 9.18. The van der Waals surface area contributed by atoms with Crippen LogP contribution in [0.25, 0.3) is 5.69 Å². The van der Waals surface area contributed by atoms with E-state index >= 15 is 0 Å². The number of benzene rings is 1. The van der Waals surface area contributed by atoms with Gasteiger partial charge in [0.2, 0.25) is 10.0 Å². The van der Waals surface area contributed by atoms with E-state index in [0.29, 0.717) is 30.2 Å². The number of amides is 1. The van der Waals surface area contributed by atoms with E-state index in [1.54, 1.807) is 47.1 Å². The summed E-state index contributed by atoms with van der Waals surface area (Å²) in [5, 5.41) is 0. The molecule has 0 radical (unpaired) electrons. The molecule has 0 saturated carbocycles. The minimum absolute atomic E-state index is 0.121. The maximum absolute atomic E-state index is 13.2. The van der Waals surface area contributed by atoms with Gasteiger partial charge in [-0.1, -0.05) is 32.9 Å². The van der Waals surface area contributed by atoms with Crippen LogP contribution < -0.4 is 0 Å². The number of nitrogens with zero attached hydrogens (tertiary/aromatic N) is 4. The number of carbonyl (C=O) groups excluding carboxylic acids is 1. The van der Waals surface area contributed by atoms with Crippen LogP contribution in [0.15, 0.2) is 35.5 Å². The molecule has 7 nitrogen and oxygen atoms in total. The number of aromatic nitrogens is 2. The first-order valence-corrected chi connectivity index (χ1v) is 10.6. The summed E-state index contributed by atoms with van der Waals surface area (Å²) in [5.74, 6) is -0.0322. The van der Waals surface area contributed by atoms with Crippen LogP contribution in [0.1, 0.15) is 43.4 Å². The Labute approximate surface area is 160 Å². The van der Waals surface area contributed by atoms with Gasteiger partial charge in [0.1, 0.15) is 11.2 Å². The Balaban J connectivity index is 2.18. The summed E-state index contributed by atoms with van der Waals surface area (Å²) in [6.07, 6.45) is 2.39. The Morgan fingerprint density at radius 2 is 2.00 bits per heavy atom. The zero-order valence-corrected chi connectivity index (χ0v) is 17.0. The third kappa shape index (κ3) is 3.51. The van der Waals surface area contributed by atoms with Crippen molar-refractivity contribution in [1.82, 2.24) is 18.8 Å². The highest BCUT2D eigenvalue weighted by Gasteiger charge is 2.35. The summed E-state index contributed by atoms with van der Waals surface area (Å²) in [6, 6.07) is 6.87. The topological polar surface area (TPSA) is 75.5 Å². The van der Waals surface area contributed by atoms with Crippen molar-refractivity contribution in [3.63, 3.8) is 0 Å². The number of hydrogen-bond acceptors (Lipinski definition) is 4. The van der Waals surface area contributed by atoms with Crippen molar-refractivity contribution in [2.45, 2.75) is 38.6 Å². The number of carbonyl (C=O) groups is 1. The first-order chi connectivity index (χ1) is 12.8. The zero-order valence-electron chi connectivity index (χ0n) is 16.2. The Morgan fingerprint density at radius 1 is 1.30 bits per heavy atom. The molecule has 2 aromatic rings. The van der Waals surface area contributed by atoms with E-state index in [9.17, 15) is 13.2 Å². The van der Waals surface area contributed by atoms with Crippen LogP contribution in [-0.4, -0.2) is 53.2 Å². The second kappa shape index (κ2) is 7.44. The summed E-state index contributed by atoms with van der Waals surface area (Å²) in [4.78, 5) is 19.1. The van der Waals surface area contributed by atoms with Gasteiger partial charge in [0.15, 0.2) is 5.69 Å². The quantitative estimate of drug-likeness (QED) is 0.786. The second-order valence-electron chi connectivity index (χ2n) is 7.30. The van der Waals surface area contributed by atoms with Crippen molar-refractivity contribution < 1.29 is 13.2 Å². The van der Waals surface area contributed by atoms with E-state index in [0.717, 1.165) is 6.42 Å². The molecule has 0 saturated heterocycles. The van der Waals surface area contributed by atoms with Gasteiger partial charge in [0.05, 0.1) is 17.9 Å². The minimum Gasteiger partial charge on any atom is -0.340 e. The predicted octanol–water partition coefficient (Wildman–Crippen LogP) is 2.51. The molecule has 0 atom stereocenters. The highest BCUT2D eigenvalue weighted by atomic mass is 32.2. The lowest BCUT2D eigenvalue weighted by molar-refractivity contribution is 0.0788. The molecule has 0 N–H and O–H groups in total. The van der Waals surface area contributed by atoms with Crippen molar-refractivity contribution in [2.24, 2.45) is 5.92 Å². The van der Waals surface area contributed by atoms with Gasteiger partial charge in [0, 0.05) is 20.1 Å². The molecule has 0 fully saturated rings. The SMILES string of the molecule is CCCN(C)C(=O)c1ncn2c1CN(CC(C)C)S(=O)(=O)c1ccccc1-2. The molecule has 0 spiro atoms. The monoisotopic (exact) mass is 390 g/mol. The minimum atomic E-state index is -3.67. The lowest BCUT2D eigenvalue weighted by atomic mass is 10.2. The fourth-order valence-corrected chi connectivity index (χ4v) is 5.11. The van der Waals surface area contributed by atoms with E-state index < -0.39 is 10.0 Å². The van der Waals surface area contributed by atoms with Crippen molar-refractivity contribution >= 4 is 15.9 Å². The van der Waals surface area contributed by atoms with Crippen molar-refractivity contribution in [3.05, 3.63) is 42.0 Å². The van der Waals surface area contributed by atoms with Gasteiger partial charge in [-0.15, -0.1) is 0 Å². The summed E-state index contributed by atoms with van der Waals surface area (Å²) < 4.78 is 29.7. The Morgan fingerprint density at radius 3 is 2.67 bits per heavy atom. The number of sulfonamides is 1. The van der Waals surface area contributed by atoms with E-state index in [4.69, 9.17) is 0 Å². The number of fused-ring (bicyclic) bond motifs is 3. The molecule has 146 valence electrons. The normalized spacial score (nSPS) is 15.9. The molecule has 1 amide bonds. The fourth-order valence-electron chi connectivity index (χ4n) is 3.36. The summed E-state index contributed by atoms with van der Waals surface area (Å²) in [5.41, 5.74) is 1.45. The fraction of sp³-hybridized carbons (Fsp3) is 0.474. The standard InChI is InChI=1S/C19H26N4O3S/c1-5-10-21(4)19(24)18-16-12-22(11-14(2)3)27(25,26)17-9-7-6-8-15(17)23(16)13-20-18/h6-9,13-14H,5,10-12H2,1-4H3. The van der Waals surface area contributed by atoms with E-state index in [1.807, 2.05) is 20.8 Å². The maximum Gasteiger partial charge on any atom is 0.274 e. The van der Waals surface area contributed by atoms with Crippen LogP contribution in [0.2, 0.25) is 0 Å². The van der Waals surface area contributed by atoms with Gasteiger partial charge >= 0.3 is 0 Å². The van der Waals surface area contributed by atoms with Gasteiger partial charge in [-0.2, -0.15) is 4.31 Å². The summed E-state index contributed by atoms with van der Waals surface area (Å²) >= 11 is 0. The largest absolute Gasteiger partial charge is 0.340 e. The van der Waals surface area contributed by atoms with Gasteiger partial charge < -0.3 is 4.90 Å². The molecule has 0 unspecified atom stereocenters. The highest BCUT2D eigenvalue weighted by Crippen LogP contribution is 2.31. The average molecular weight is 391 g/mol. The molecule has 8 heteroatoms. The smallest absolute Gasteiger partial charge is 0.274 e. The highest BCUT2D eigenvalue weighted by molar-refractivity contribution is 7.89. The molecule has 27 heavy (non-hydrogen) atoms. The zero-order chi connectivity index (χ0) is 19.8. The third-order valence-corrected chi connectivity index (χ3v) is 6.47. The Bertz CT molecular complexity index is 950. The third-order valence-electron chi connectivity index (χ3n) is 4.61. The van der Waals surface area contributed by atoms with Crippen molar-refractivity contribution in [3.8, 4) is 5.69 Å². The molecule has 1 aromatic carbocycles. The molecule has 2 heterocycles. The molecule has 1 aromatic heterocycles. The van der Waals surface area contributed by atoms with Gasteiger partial charge in [-0.3, -0.25) is 9.36 Å². The van der Waals surface area contributed by atoms with Gasteiger partial charge in [-0.05, 0) is 24.5 Å². The summed E-state index contributed by atoms with van der Waals surface area (Å²) in [7, 11) is -1.92. The van der Waals surface area contributed by atoms with Crippen LogP contribution in [0.5, 0.6) is 0 Å². The first kappa shape index (κ1) is 19.6. The van der Waals surface area contributed by atoms with Crippen LogP contribution in [-0.2, 0) is 16.6 Å². The molecular weight excluding hydrogens is 364 g/mol. The van der Waals surface area contributed by atoms with Crippen LogP contribution in [0.4, 0.5) is 0 Å². The summed E-state index contributed by atoms with van der Waals surface area (Å²) in [6.45, 7) is 7.08. The molecule has 1 aliphatic rings. The molecule has 1 aliphatic heterocycles. The number of hydrogen-bond donors (Lipinski definition) is 0. The van der Waals surface area contributed by atoms with Crippen molar-refractivity contribution in [2.75, 3.05) is 20.1 Å². The van der Waals surface area contributed by atoms with Crippen LogP contribution >= 0.6 is 0 Å². The average Bonchev–Trinajstić information content (AvgIpc) is 3.00. The lowest BCUT2D eigenvalue weighted by Gasteiger charge is -2.22. The molecule has 3 rings (SSSR count). The number of rotatable bonds is 5. The lowest BCUT2D eigenvalue weighted by Crippen LogP contribution is -2.34. The predicted molar refractivity (Wildman–Crippen MR) is 103 cm³/mol. The van der Waals surface area contributed by atoms with Gasteiger partial charge in [-0.25, -0.2) is 13.4 Å². The van der Waals surface area contributed by atoms with E-state index in [-0.39, 0.29) is 23.3 Å². The molecule has 0 bridgehead atoms. The molecular formula is C19H26N4O3S. The van der Waals surface area contributed by atoms with Crippen LogP contribution in [0, 0.1) is 5.92 Å². The van der Waals surface area contributed by atoms with E-state index in [1.165, 1.54) is 4.31 Å². The Hall–Kier alpha value is -2.19.